The van der Waals surface area contributed by atoms with Crippen LogP contribution in [0.2, 0.25) is 20.1 Å². The highest BCUT2D eigenvalue weighted by atomic mass is 35.5. The standard InChI is InChI=1S/C32H44Cl4N2O2/c1-3-5-7-9-11-13-15-17-19-39-25-21-23-24(22-26(25)40-20-18-16-14-12-10-8-6-4-2)38-32-30(36)28(34)27(33)29(35)31(32)37-23/h21-22H,3-20H2,1-2H3. The molecule has 0 saturated carbocycles. The molecule has 3 rings (SSSR count). The van der Waals surface area contributed by atoms with E-state index in [0.29, 0.717) is 46.8 Å². The molecule has 3 aromatic rings. The van der Waals surface area contributed by atoms with E-state index >= 15 is 0 Å². The summed E-state index contributed by atoms with van der Waals surface area (Å²) in [5.41, 5.74) is 2.09. The lowest BCUT2D eigenvalue weighted by Gasteiger charge is -2.15. The third-order valence-electron chi connectivity index (χ3n) is 7.23. The van der Waals surface area contributed by atoms with Gasteiger partial charge in [-0.3, -0.25) is 0 Å². The number of aromatic nitrogens is 2. The molecule has 1 heterocycles. The average Bonchev–Trinajstić information content (AvgIpc) is 2.96. The summed E-state index contributed by atoms with van der Waals surface area (Å²) in [5.74, 6) is 1.34. The Morgan fingerprint density at radius 2 is 0.800 bits per heavy atom. The molecule has 0 unspecified atom stereocenters. The number of fused-ring (bicyclic) bond motifs is 2. The van der Waals surface area contributed by atoms with E-state index in [4.69, 9.17) is 65.8 Å². The number of ether oxygens (including phenoxy) is 2. The lowest BCUT2D eigenvalue weighted by Crippen LogP contribution is -2.04. The van der Waals surface area contributed by atoms with E-state index in [-0.39, 0.29) is 20.1 Å². The number of unbranched alkanes of at least 4 members (excludes halogenated alkanes) is 14. The zero-order chi connectivity index (χ0) is 28.7. The van der Waals surface area contributed by atoms with E-state index in [1.54, 1.807) is 0 Å². The van der Waals surface area contributed by atoms with Crippen LogP contribution in [0.1, 0.15) is 117 Å². The third kappa shape index (κ3) is 9.96. The van der Waals surface area contributed by atoms with Gasteiger partial charge in [0.05, 0.1) is 44.3 Å². The second-order valence-electron chi connectivity index (χ2n) is 10.6. The summed E-state index contributed by atoms with van der Waals surface area (Å²) >= 11 is 25.5. The molecule has 0 saturated heterocycles. The zero-order valence-electron chi connectivity index (χ0n) is 24.1. The molecule has 0 aliphatic rings. The number of nitrogens with zero attached hydrogens (tertiary/aromatic N) is 2. The molecular formula is C32H44Cl4N2O2. The van der Waals surface area contributed by atoms with Crippen molar-refractivity contribution in [3.8, 4) is 11.5 Å². The van der Waals surface area contributed by atoms with Gasteiger partial charge < -0.3 is 9.47 Å². The van der Waals surface area contributed by atoms with Gasteiger partial charge in [0.15, 0.2) is 11.5 Å². The number of benzene rings is 2. The lowest BCUT2D eigenvalue weighted by molar-refractivity contribution is 0.259. The summed E-state index contributed by atoms with van der Waals surface area (Å²) in [4.78, 5) is 9.46. The van der Waals surface area contributed by atoms with E-state index in [0.717, 1.165) is 25.7 Å². The molecule has 4 nitrogen and oxygen atoms in total. The van der Waals surface area contributed by atoms with Crippen molar-refractivity contribution < 1.29 is 9.47 Å². The maximum Gasteiger partial charge on any atom is 0.163 e. The first kappa shape index (κ1) is 33.3. The van der Waals surface area contributed by atoms with Crippen LogP contribution in [0.5, 0.6) is 11.5 Å². The van der Waals surface area contributed by atoms with E-state index in [1.165, 1.54) is 77.0 Å². The van der Waals surface area contributed by atoms with Crippen LogP contribution in [-0.2, 0) is 0 Å². The van der Waals surface area contributed by atoms with Gasteiger partial charge in [-0.2, -0.15) is 0 Å². The minimum Gasteiger partial charge on any atom is -0.490 e. The maximum atomic E-state index is 6.46. The Hall–Kier alpha value is -1.20. The molecule has 0 atom stereocenters. The fourth-order valence-electron chi connectivity index (χ4n) is 4.83. The number of hydrogen-bond donors (Lipinski definition) is 0. The van der Waals surface area contributed by atoms with Gasteiger partial charge in [-0.15, -0.1) is 0 Å². The number of hydrogen-bond acceptors (Lipinski definition) is 4. The highest BCUT2D eigenvalue weighted by Crippen LogP contribution is 2.43. The number of rotatable bonds is 20. The first-order valence-electron chi connectivity index (χ1n) is 15.2. The van der Waals surface area contributed by atoms with Crippen LogP contribution >= 0.6 is 46.4 Å². The Morgan fingerprint density at radius 3 is 1.15 bits per heavy atom. The Morgan fingerprint density at radius 1 is 0.475 bits per heavy atom. The Balaban J connectivity index is 1.68. The molecule has 0 aliphatic heterocycles. The average molecular weight is 631 g/mol. The Kier molecular flexibility index (Phi) is 15.3. The van der Waals surface area contributed by atoms with Gasteiger partial charge in [-0.1, -0.05) is 150 Å². The second-order valence-corrected chi connectivity index (χ2v) is 12.1. The molecule has 8 heteroatoms. The fraction of sp³-hybridized carbons (Fsp3) is 0.625. The molecule has 0 bridgehead atoms. The molecule has 2 aromatic carbocycles. The highest BCUT2D eigenvalue weighted by molar-refractivity contribution is 6.55. The summed E-state index contributed by atoms with van der Waals surface area (Å²) in [6, 6.07) is 3.75. The van der Waals surface area contributed by atoms with E-state index in [9.17, 15) is 0 Å². The quantitative estimate of drug-likeness (QED) is 0.0539. The molecule has 0 fully saturated rings. The SMILES string of the molecule is CCCCCCCCCCOc1cc2nc3c(Cl)c(Cl)c(Cl)c(Cl)c3nc2cc1OCCCCCCCCCC. The predicted molar refractivity (Wildman–Crippen MR) is 173 cm³/mol. The van der Waals surface area contributed by atoms with Gasteiger partial charge >= 0.3 is 0 Å². The molecule has 0 spiro atoms. The first-order valence-corrected chi connectivity index (χ1v) is 16.7. The van der Waals surface area contributed by atoms with Crippen molar-refractivity contribution in [1.82, 2.24) is 9.97 Å². The Bertz CT molecular complexity index is 1110. The summed E-state index contributed by atoms with van der Waals surface area (Å²) < 4.78 is 12.5. The fourth-order valence-corrected chi connectivity index (χ4v) is 5.75. The van der Waals surface area contributed by atoms with Crippen molar-refractivity contribution in [2.45, 2.75) is 117 Å². The summed E-state index contributed by atoms with van der Waals surface area (Å²) in [6.45, 7) is 5.76. The van der Waals surface area contributed by atoms with Crippen LogP contribution in [0.4, 0.5) is 0 Å². The molecule has 222 valence electrons. The van der Waals surface area contributed by atoms with Crippen LogP contribution in [0.3, 0.4) is 0 Å². The highest BCUT2D eigenvalue weighted by Gasteiger charge is 2.19. The van der Waals surface area contributed by atoms with Crippen molar-refractivity contribution in [2.24, 2.45) is 0 Å². The largest absolute Gasteiger partial charge is 0.490 e. The Labute approximate surface area is 260 Å². The van der Waals surface area contributed by atoms with Crippen molar-refractivity contribution in [2.75, 3.05) is 13.2 Å². The van der Waals surface area contributed by atoms with E-state index < -0.39 is 0 Å². The molecule has 0 aliphatic carbocycles. The van der Waals surface area contributed by atoms with Gasteiger partial charge in [0, 0.05) is 12.1 Å². The van der Waals surface area contributed by atoms with Gasteiger partial charge in [-0.05, 0) is 12.8 Å². The maximum absolute atomic E-state index is 6.46. The third-order valence-corrected chi connectivity index (χ3v) is 9.02. The monoisotopic (exact) mass is 628 g/mol. The van der Waals surface area contributed by atoms with Crippen LogP contribution in [-0.4, -0.2) is 23.2 Å². The van der Waals surface area contributed by atoms with Gasteiger partial charge in [-0.25, -0.2) is 9.97 Å². The van der Waals surface area contributed by atoms with Gasteiger partial charge in [0.25, 0.3) is 0 Å². The van der Waals surface area contributed by atoms with Crippen LogP contribution in [0.25, 0.3) is 22.1 Å². The summed E-state index contributed by atoms with van der Waals surface area (Å²) in [5, 5.41) is 0.811. The predicted octanol–water partition coefficient (Wildman–Crippen LogP) is 12.4. The van der Waals surface area contributed by atoms with Crippen LogP contribution in [0, 0.1) is 0 Å². The van der Waals surface area contributed by atoms with Crippen molar-refractivity contribution in [3.63, 3.8) is 0 Å². The number of halogens is 4. The molecule has 0 radical (unpaired) electrons. The zero-order valence-corrected chi connectivity index (χ0v) is 27.1. The van der Waals surface area contributed by atoms with Crippen LogP contribution < -0.4 is 9.47 Å². The minimum atomic E-state index is 0.172. The first-order chi connectivity index (χ1) is 19.5. The lowest BCUT2D eigenvalue weighted by atomic mass is 10.1. The summed E-state index contributed by atoms with van der Waals surface area (Å²) in [6.07, 6.45) is 20.0. The summed E-state index contributed by atoms with van der Waals surface area (Å²) in [7, 11) is 0. The normalized spacial score (nSPS) is 11.6. The topological polar surface area (TPSA) is 44.2 Å². The minimum absolute atomic E-state index is 0.172. The molecule has 0 amide bonds. The van der Waals surface area contributed by atoms with E-state index in [1.807, 2.05) is 12.1 Å². The molecule has 1 aromatic heterocycles. The van der Waals surface area contributed by atoms with E-state index in [2.05, 4.69) is 13.8 Å². The van der Waals surface area contributed by atoms with Gasteiger partial charge in [0.1, 0.15) is 11.0 Å². The van der Waals surface area contributed by atoms with Crippen LogP contribution in [0.15, 0.2) is 12.1 Å². The molecule has 0 N–H and O–H groups in total. The van der Waals surface area contributed by atoms with Crippen molar-refractivity contribution in [3.05, 3.63) is 32.2 Å². The molecular weight excluding hydrogens is 586 g/mol. The smallest absolute Gasteiger partial charge is 0.163 e. The molecule has 40 heavy (non-hydrogen) atoms. The van der Waals surface area contributed by atoms with Gasteiger partial charge in [0.2, 0.25) is 0 Å². The second kappa shape index (κ2) is 18.4. The van der Waals surface area contributed by atoms with Crippen molar-refractivity contribution >= 4 is 68.5 Å². The van der Waals surface area contributed by atoms with Crippen molar-refractivity contribution in [1.29, 1.82) is 0 Å².